The summed E-state index contributed by atoms with van der Waals surface area (Å²) in [5.41, 5.74) is 1.20. The van der Waals surface area contributed by atoms with Crippen LogP contribution in [0.4, 0.5) is 5.69 Å². The zero-order valence-corrected chi connectivity index (χ0v) is 13.5. The highest BCUT2D eigenvalue weighted by Gasteiger charge is 2.13. The number of non-ortho nitro benzene ring substituents is 1. The highest BCUT2D eigenvalue weighted by atomic mass is 16.6. The van der Waals surface area contributed by atoms with Gasteiger partial charge in [-0.25, -0.2) is 0 Å². The molecular weight excluding hydrogens is 264 g/mol. The van der Waals surface area contributed by atoms with E-state index in [2.05, 4.69) is 26.1 Å². The van der Waals surface area contributed by atoms with Crippen LogP contribution >= 0.6 is 0 Å². The third-order valence-corrected chi connectivity index (χ3v) is 3.66. The highest BCUT2D eigenvalue weighted by molar-refractivity contribution is 5.35. The Kier molecular flexibility index (Phi) is 7.98. The van der Waals surface area contributed by atoms with Gasteiger partial charge in [0.15, 0.2) is 0 Å². The summed E-state index contributed by atoms with van der Waals surface area (Å²) >= 11 is 0. The molecule has 118 valence electrons. The molecule has 1 N–H and O–H groups in total. The van der Waals surface area contributed by atoms with Gasteiger partial charge in [0.25, 0.3) is 5.69 Å². The van der Waals surface area contributed by atoms with Crippen molar-refractivity contribution in [2.24, 2.45) is 5.92 Å². The van der Waals surface area contributed by atoms with E-state index in [1.807, 2.05) is 6.07 Å². The molecule has 0 spiro atoms. The predicted molar refractivity (Wildman–Crippen MR) is 87.4 cm³/mol. The zero-order chi connectivity index (χ0) is 15.7. The number of nitrogens with one attached hydrogen (secondary N) is 1. The molecule has 0 aliphatic rings. The first-order valence-corrected chi connectivity index (χ1v) is 8.02. The van der Waals surface area contributed by atoms with E-state index in [-0.39, 0.29) is 16.7 Å². The van der Waals surface area contributed by atoms with E-state index in [4.69, 9.17) is 0 Å². The minimum Gasteiger partial charge on any atom is -0.310 e. The SMILES string of the molecule is CCCC(NCCCCC(C)C)c1cccc([N+](=O)[O-])c1. The molecule has 0 amide bonds. The van der Waals surface area contributed by atoms with E-state index in [0.717, 1.165) is 37.3 Å². The van der Waals surface area contributed by atoms with Crippen LogP contribution in [0.1, 0.15) is 64.5 Å². The molecule has 1 atom stereocenters. The Hall–Kier alpha value is -1.42. The van der Waals surface area contributed by atoms with E-state index in [9.17, 15) is 10.1 Å². The summed E-state index contributed by atoms with van der Waals surface area (Å²) in [7, 11) is 0. The molecule has 0 radical (unpaired) electrons. The standard InChI is InChI=1S/C17H28N2O2/c1-4-8-17(18-12-6-5-9-14(2)3)15-10-7-11-16(13-15)19(20)21/h7,10-11,13-14,17-18H,4-6,8-9,12H2,1-3H3. The van der Waals surface area contributed by atoms with Crippen molar-refractivity contribution in [3.05, 3.63) is 39.9 Å². The second kappa shape index (κ2) is 9.50. The molecule has 0 bridgehead atoms. The van der Waals surface area contributed by atoms with Gasteiger partial charge in [-0.1, -0.05) is 52.2 Å². The average Bonchev–Trinajstić information content (AvgIpc) is 2.45. The van der Waals surface area contributed by atoms with Crippen LogP contribution < -0.4 is 5.32 Å². The maximum atomic E-state index is 10.9. The Bertz CT molecular complexity index is 433. The molecule has 4 nitrogen and oxygen atoms in total. The molecule has 1 aromatic rings. The van der Waals surface area contributed by atoms with E-state index in [1.165, 1.54) is 12.8 Å². The van der Waals surface area contributed by atoms with Gasteiger partial charge in [0, 0.05) is 18.2 Å². The molecule has 21 heavy (non-hydrogen) atoms. The largest absolute Gasteiger partial charge is 0.310 e. The number of nitro groups is 1. The highest BCUT2D eigenvalue weighted by Crippen LogP contribution is 2.23. The number of unbranched alkanes of at least 4 members (excludes halogenated alkanes) is 1. The first-order chi connectivity index (χ1) is 10.0. The average molecular weight is 292 g/mol. The van der Waals surface area contributed by atoms with Crippen molar-refractivity contribution in [2.45, 2.75) is 58.9 Å². The van der Waals surface area contributed by atoms with Crippen molar-refractivity contribution in [1.29, 1.82) is 0 Å². The van der Waals surface area contributed by atoms with Gasteiger partial charge in [0.05, 0.1) is 4.92 Å². The Balaban J connectivity index is 2.56. The summed E-state index contributed by atoms with van der Waals surface area (Å²) in [5.74, 6) is 0.758. The molecule has 4 heteroatoms. The molecule has 1 rings (SSSR count). The van der Waals surface area contributed by atoms with E-state index in [1.54, 1.807) is 18.2 Å². The van der Waals surface area contributed by atoms with Crippen LogP contribution in [0.25, 0.3) is 0 Å². The number of benzene rings is 1. The maximum absolute atomic E-state index is 10.9. The van der Waals surface area contributed by atoms with Crippen LogP contribution in [0, 0.1) is 16.0 Å². The lowest BCUT2D eigenvalue weighted by atomic mass is 10.0. The van der Waals surface area contributed by atoms with Gasteiger partial charge in [-0.05, 0) is 30.9 Å². The topological polar surface area (TPSA) is 55.2 Å². The molecule has 1 unspecified atom stereocenters. The molecule has 0 saturated heterocycles. The van der Waals surface area contributed by atoms with E-state index >= 15 is 0 Å². The molecule has 1 aromatic carbocycles. The van der Waals surface area contributed by atoms with E-state index in [0.29, 0.717) is 0 Å². The first kappa shape index (κ1) is 17.6. The third-order valence-electron chi connectivity index (χ3n) is 3.66. The van der Waals surface area contributed by atoms with Crippen molar-refractivity contribution < 1.29 is 4.92 Å². The van der Waals surface area contributed by atoms with Gasteiger partial charge in [-0.2, -0.15) is 0 Å². The Morgan fingerprint density at radius 1 is 1.24 bits per heavy atom. The zero-order valence-electron chi connectivity index (χ0n) is 13.5. The second-order valence-electron chi connectivity index (χ2n) is 6.04. The minimum atomic E-state index is -0.324. The fraction of sp³-hybridized carbons (Fsp3) is 0.647. The monoisotopic (exact) mass is 292 g/mol. The van der Waals surface area contributed by atoms with Crippen LogP contribution in [0.15, 0.2) is 24.3 Å². The number of nitrogens with zero attached hydrogens (tertiary/aromatic N) is 1. The van der Waals surface area contributed by atoms with Gasteiger partial charge in [-0.15, -0.1) is 0 Å². The van der Waals surface area contributed by atoms with Crippen molar-refractivity contribution in [1.82, 2.24) is 5.32 Å². The number of rotatable bonds is 10. The minimum absolute atomic E-state index is 0.176. The molecule has 0 aliphatic heterocycles. The van der Waals surface area contributed by atoms with Crippen LogP contribution in [0.2, 0.25) is 0 Å². The van der Waals surface area contributed by atoms with Crippen molar-refractivity contribution >= 4 is 5.69 Å². The summed E-state index contributed by atoms with van der Waals surface area (Å²) in [5, 5.41) is 14.4. The Labute approximate surface area is 128 Å². The van der Waals surface area contributed by atoms with Crippen molar-refractivity contribution in [2.75, 3.05) is 6.54 Å². The van der Waals surface area contributed by atoms with Crippen molar-refractivity contribution in [3.63, 3.8) is 0 Å². The smallest absolute Gasteiger partial charge is 0.269 e. The molecule has 0 saturated carbocycles. The molecule has 0 fully saturated rings. The maximum Gasteiger partial charge on any atom is 0.269 e. The van der Waals surface area contributed by atoms with E-state index < -0.39 is 0 Å². The van der Waals surface area contributed by atoms with Gasteiger partial charge in [0.1, 0.15) is 0 Å². The van der Waals surface area contributed by atoms with Gasteiger partial charge in [-0.3, -0.25) is 10.1 Å². The van der Waals surface area contributed by atoms with Crippen LogP contribution in [-0.4, -0.2) is 11.5 Å². The lowest BCUT2D eigenvalue weighted by molar-refractivity contribution is -0.384. The number of hydrogen-bond acceptors (Lipinski definition) is 3. The molecule has 0 heterocycles. The summed E-state index contributed by atoms with van der Waals surface area (Å²) in [4.78, 5) is 10.6. The van der Waals surface area contributed by atoms with Gasteiger partial charge >= 0.3 is 0 Å². The summed E-state index contributed by atoms with van der Waals surface area (Å²) < 4.78 is 0. The van der Waals surface area contributed by atoms with Gasteiger partial charge in [0.2, 0.25) is 0 Å². The Morgan fingerprint density at radius 3 is 2.62 bits per heavy atom. The fourth-order valence-electron chi connectivity index (χ4n) is 2.48. The number of nitro benzene ring substituents is 1. The second-order valence-corrected chi connectivity index (χ2v) is 6.04. The molecule has 0 aromatic heterocycles. The van der Waals surface area contributed by atoms with Gasteiger partial charge < -0.3 is 5.32 Å². The van der Waals surface area contributed by atoms with Crippen LogP contribution in [0.5, 0.6) is 0 Å². The lowest BCUT2D eigenvalue weighted by Crippen LogP contribution is -2.22. The van der Waals surface area contributed by atoms with Crippen molar-refractivity contribution in [3.8, 4) is 0 Å². The Morgan fingerprint density at radius 2 is 2.00 bits per heavy atom. The summed E-state index contributed by atoms with van der Waals surface area (Å²) in [6.45, 7) is 7.61. The molecule has 0 aliphatic carbocycles. The summed E-state index contributed by atoms with van der Waals surface area (Å²) in [6.07, 6.45) is 5.72. The summed E-state index contributed by atoms with van der Waals surface area (Å²) in [6, 6.07) is 7.22. The third kappa shape index (κ3) is 6.71. The molecular formula is C17H28N2O2. The lowest BCUT2D eigenvalue weighted by Gasteiger charge is -2.18. The first-order valence-electron chi connectivity index (χ1n) is 8.02. The van der Waals surface area contributed by atoms with Crippen LogP contribution in [-0.2, 0) is 0 Å². The predicted octanol–water partition coefficient (Wildman–Crippen LogP) is 4.85. The quantitative estimate of drug-likeness (QED) is 0.381. The fourth-order valence-corrected chi connectivity index (χ4v) is 2.48. The number of hydrogen-bond donors (Lipinski definition) is 1. The van der Waals surface area contributed by atoms with Crippen LogP contribution in [0.3, 0.4) is 0 Å². The normalized spacial score (nSPS) is 12.6.